The van der Waals surface area contributed by atoms with Gasteiger partial charge in [0.2, 0.25) is 0 Å². The molecule has 0 saturated heterocycles. The monoisotopic (exact) mass is 996 g/mol. The van der Waals surface area contributed by atoms with E-state index in [1.165, 1.54) is 16.2 Å². The van der Waals surface area contributed by atoms with E-state index < -0.39 is 0 Å². The van der Waals surface area contributed by atoms with Gasteiger partial charge in [0.05, 0.1) is 11.4 Å². The van der Waals surface area contributed by atoms with E-state index in [0.717, 1.165) is 106 Å². The number of hydrogen-bond acceptors (Lipinski definition) is 4. The number of hydrogen-bond donors (Lipinski definition) is 0. The Bertz CT molecular complexity index is 4250. The predicted octanol–water partition coefficient (Wildman–Crippen LogP) is 21.3. The molecule has 0 aliphatic heterocycles. The lowest BCUT2D eigenvalue weighted by Gasteiger charge is -2.31. The average molecular weight is 997 g/mol. The van der Waals surface area contributed by atoms with Gasteiger partial charge in [-0.3, -0.25) is 0 Å². The number of benzene rings is 14. The normalized spacial score (nSPS) is 11.3. The maximum absolute atomic E-state index is 2.50. The Morgan fingerprint density at radius 1 is 0.141 bits per heavy atom. The second-order valence-corrected chi connectivity index (χ2v) is 19.7. The van der Waals surface area contributed by atoms with Crippen molar-refractivity contribution in [1.29, 1.82) is 0 Å². The Morgan fingerprint density at radius 3 is 0.808 bits per heavy atom. The summed E-state index contributed by atoms with van der Waals surface area (Å²) in [5.74, 6) is 0. The van der Waals surface area contributed by atoms with Gasteiger partial charge in [0, 0.05) is 67.6 Å². The van der Waals surface area contributed by atoms with Gasteiger partial charge in [0.25, 0.3) is 0 Å². The molecule has 14 rings (SSSR count). The zero-order valence-corrected chi connectivity index (χ0v) is 42.8. The van der Waals surface area contributed by atoms with Crippen molar-refractivity contribution in [3.8, 4) is 0 Å². The van der Waals surface area contributed by atoms with Crippen molar-refractivity contribution < 1.29 is 0 Å². The lowest BCUT2D eigenvalue weighted by molar-refractivity contribution is 1.29. The van der Waals surface area contributed by atoms with E-state index in [9.17, 15) is 0 Å². The van der Waals surface area contributed by atoms with Crippen LogP contribution >= 0.6 is 0 Å². The first-order chi connectivity index (χ1) is 38.7. The van der Waals surface area contributed by atoms with Crippen LogP contribution in [0.1, 0.15) is 0 Å². The molecule has 0 amide bonds. The summed E-state index contributed by atoms with van der Waals surface area (Å²) in [6.07, 6.45) is 0. The second-order valence-electron chi connectivity index (χ2n) is 19.7. The summed E-state index contributed by atoms with van der Waals surface area (Å²) in [6.45, 7) is 0. The van der Waals surface area contributed by atoms with Gasteiger partial charge in [0.1, 0.15) is 0 Å². The Morgan fingerprint density at radius 2 is 0.423 bits per heavy atom. The summed E-state index contributed by atoms with van der Waals surface area (Å²) in [4.78, 5) is 9.65. The van der Waals surface area contributed by atoms with Crippen LogP contribution in [0.5, 0.6) is 0 Å². The minimum absolute atomic E-state index is 1.07. The van der Waals surface area contributed by atoms with Crippen molar-refractivity contribution >= 4 is 122 Å². The van der Waals surface area contributed by atoms with Crippen LogP contribution in [-0.4, -0.2) is 0 Å². The fourth-order valence-corrected chi connectivity index (χ4v) is 11.7. The Hall–Kier alpha value is -10.4. The summed E-state index contributed by atoms with van der Waals surface area (Å²) >= 11 is 0. The van der Waals surface area contributed by atoms with Crippen LogP contribution in [0.15, 0.2) is 315 Å². The fourth-order valence-electron chi connectivity index (χ4n) is 11.7. The highest BCUT2D eigenvalue weighted by Crippen LogP contribution is 2.53. The maximum Gasteiger partial charge on any atom is 0.0552 e. The molecular weight excluding hydrogens is 945 g/mol. The predicted molar refractivity (Wildman–Crippen MR) is 333 cm³/mol. The molecule has 0 atom stereocenters. The molecule has 368 valence electrons. The Kier molecular flexibility index (Phi) is 11.8. The first-order valence-corrected chi connectivity index (χ1v) is 26.7. The molecular formula is C74H52N4. The van der Waals surface area contributed by atoms with Crippen molar-refractivity contribution in [2.75, 3.05) is 19.6 Å². The van der Waals surface area contributed by atoms with Gasteiger partial charge in [-0.15, -0.1) is 0 Å². The van der Waals surface area contributed by atoms with Crippen LogP contribution in [0.2, 0.25) is 0 Å². The summed E-state index contributed by atoms with van der Waals surface area (Å²) in [5.41, 5.74) is 13.0. The highest BCUT2D eigenvalue weighted by molar-refractivity contribution is 6.37. The molecule has 78 heavy (non-hydrogen) atoms. The third-order valence-corrected chi connectivity index (χ3v) is 15.1. The molecule has 0 aliphatic rings. The van der Waals surface area contributed by atoms with E-state index in [1.54, 1.807) is 0 Å². The quantitative estimate of drug-likeness (QED) is 0.113. The first-order valence-electron chi connectivity index (χ1n) is 26.7. The lowest BCUT2D eigenvalue weighted by atomic mass is 9.87. The molecule has 0 N–H and O–H groups in total. The molecule has 0 bridgehead atoms. The molecule has 0 heterocycles. The molecule has 4 heteroatoms. The van der Waals surface area contributed by atoms with Crippen LogP contribution in [0.3, 0.4) is 0 Å². The van der Waals surface area contributed by atoms with Crippen molar-refractivity contribution in [2.24, 2.45) is 0 Å². The molecule has 0 radical (unpaired) electrons. The first kappa shape index (κ1) is 46.1. The lowest BCUT2D eigenvalue weighted by Crippen LogP contribution is -2.12. The van der Waals surface area contributed by atoms with E-state index in [0.29, 0.717) is 0 Å². The number of rotatable bonds is 12. The third kappa shape index (κ3) is 8.20. The van der Waals surface area contributed by atoms with Gasteiger partial charge < -0.3 is 19.6 Å². The van der Waals surface area contributed by atoms with E-state index in [4.69, 9.17) is 0 Å². The number of fused-ring (bicyclic) bond motifs is 10. The van der Waals surface area contributed by atoms with Crippen LogP contribution in [0.4, 0.5) is 68.2 Å². The van der Waals surface area contributed by atoms with E-state index >= 15 is 0 Å². The van der Waals surface area contributed by atoms with E-state index in [1.807, 2.05) is 0 Å². The van der Waals surface area contributed by atoms with Gasteiger partial charge in [0.15, 0.2) is 0 Å². The molecule has 0 fully saturated rings. The molecule has 4 nitrogen and oxygen atoms in total. The molecule has 0 aromatic heterocycles. The average Bonchev–Trinajstić information content (AvgIpc) is 3.44. The standard InChI is InChI=1S/C74H52N4/c1-9-27-53(28-10-1)75(54-29-11-2-12-30-54)61-45-47-63-64-48-46-62(76(55-31-13-3-14-32-55)56-33-15-4-16-34-56)50-68(64)73-69(67(63)49-61)51-72(78(59-39-21-7-22-40-59)60-41-23-8-24-42-60)74-66-44-26-25-43-65(66)71(52-70(73)74)77(57-35-17-5-18-36-57)58-37-19-6-20-38-58/h1-52H. The Labute approximate surface area is 454 Å². The zero-order valence-electron chi connectivity index (χ0n) is 42.8. The van der Waals surface area contributed by atoms with Gasteiger partial charge in [-0.1, -0.05) is 182 Å². The third-order valence-electron chi connectivity index (χ3n) is 15.1. The van der Waals surface area contributed by atoms with Crippen LogP contribution in [0, 0.1) is 0 Å². The minimum Gasteiger partial charge on any atom is -0.310 e. The molecule has 0 aliphatic carbocycles. The molecule has 0 unspecified atom stereocenters. The van der Waals surface area contributed by atoms with Gasteiger partial charge in [-0.05, 0) is 177 Å². The van der Waals surface area contributed by atoms with Crippen molar-refractivity contribution in [2.45, 2.75) is 0 Å². The van der Waals surface area contributed by atoms with Crippen molar-refractivity contribution in [3.05, 3.63) is 315 Å². The van der Waals surface area contributed by atoms with Crippen LogP contribution in [-0.2, 0) is 0 Å². The highest BCUT2D eigenvalue weighted by atomic mass is 15.2. The van der Waals surface area contributed by atoms with Gasteiger partial charge in [-0.25, -0.2) is 0 Å². The number of anilines is 12. The van der Waals surface area contributed by atoms with Gasteiger partial charge in [-0.2, -0.15) is 0 Å². The SMILES string of the molecule is c1ccc(N(c2ccccc2)c2ccc3c4ccc(N(c5ccccc5)c5ccccc5)cc4c4c(cc(N(c5ccccc5)c5ccccc5)c5c6ccccc6c(N(c6ccccc6)c6ccccc6)cc54)c3c2)cc1. The highest BCUT2D eigenvalue weighted by Gasteiger charge is 2.26. The smallest absolute Gasteiger partial charge is 0.0552 e. The van der Waals surface area contributed by atoms with Crippen molar-refractivity contribution in [1.82, 2.24) is 0 Å². The van der Waals surface area contributed by atoms with E-state index in [2.05, 4.69) is 335 Å². The van der Waals surface area contributed by atoms with Crippen LogP contribution in [0.25, 0.3) is 53.9 Å². The zero-order chi connectivity index (χ0) is 51.8. The number of para-hydroxylation sites is 8. The molecule has 0 spiro atoms. The molecule has 0 saturated carbocycles. The summed E-state index contributed by atoms with van der Waals surface area (Å²) in [6, 6.07) is 114. The van der Waals surface area contributed by atoms with Gasteiger partial charge >= 0.3 is 0 Å². The summed E-state index contributed by atoms with van der Waals surface area (Å²) in [7, 11) is 0. The summed E-state index contributed by atoms with van der Waals surface area (Å²) < 4.78 is 0. The topological polar surface area (TPSA) is 13.0 Å². The maximum atomic E-state index is 2.50. The van der Waals surface area contributed by atoms with Crippen molar-refractivity contribution in [3.63, 3.8) is 0 Å². The molecule has 14 aromatic rings. The van der Waals surface area contributed by atoms with E-state index in [-0.39, 0.29) is 0 Å². The van der Waals surface area contributed by atoms with Crippen LogP contribution < -0.4 is 19.6 Å². The largest absolute Gasteiger partial charge is 0.310 e. The number of nitrogens with zero attached hydrogens (tertiary/aromatic N) is 4. The fraction of sp³-hybridized carbons (Fsp3) is 0. The Balaban J connectivity index is 1.20. The molecule has 14 aromatic carbocycles. The second kappa shape index (κ2) is 20.0. The minimum atomic E-state index is 1.07. The summed E-state index contributed by atoms with van der Waals surface area (Å²) in [5, 5.41) is 11.6.